The quantitative estimate of drug-likeness (QED) is 0.184. The minimum atomic E-state index is -4.71. The Morgan fingerprint density at radius 3 is 2.37 bits per heavy atom. The van der Waals surface area contributed by atoms with Gasteiger partial charge < -0.3 is 15.5 Å². The van der Waals surface area contributed by atoms with E-state index >= 15 is 0 Å². The highest BCUT2D eigenvalue weighted by atomic mass is 32.2. The minimum absolute atomic E-state index is 0.0273. The van der Waals surface area contributed by atoms with Gasteiger partial charge in [0, 0.05) is 69.8 Å². The van der Waals surface area contributed by atoms with Crippen molar-refractivity contribution in [1.29, 1.82) is 0 Å². The molecular weight excluding hydrogens is 728 g/mol. The number of carbonyl (C=O) groups excluding carboxylic acids is 2. The standard InChI is InChI=1S/C35H40F3N11O4S/c1-46(22-25-9-12-30(45-44-25)49-18-15-31(50)42-34(49)51)26-13-16-48(17-14-26)27-10-7-24(8-11-27)41-33-40-21-29(35(36,37)38)32(43-33)39-20-23-5-4-6-28(19-23)47(2)54(3,52)53/h4-12,19,21,26H,13-18,20,22H2,1-3H3,(H,42,50,51)(H2,39,40,41,43). The van der Waals surface area contributed by atoms with Crippen molar-refractivity contribution in [1.82, 2.24) is 30.4 Å². The molecule has 54 heavy (non-hydrogen) atoms. The van der Waals surface area contributed by atoms with E-state index in [0.29, 0.717) is 35.3 Å². The fourth-order valence-electron chi connectivity index (χ4n) is 6.22. The lowest BCUT2D eigenvalue weighted by molar-refractivity contribution is -0.137. The molecule has 4 aromatic rings. The van der Waals surface area contributed by atoms with Crippen LogP contribution in [0.25, 0.3) is 0 Å². The first-order chi connectivity index (χ1) is 25.6. The molecule has 0 aliphatic carbocycles. The summed E-state index contributed by atoms with van der Waals surface area (Å²) >= 11 is 0. The van der Waals surface area contributed by atoms with Crippen LogP contribution in [-0.2, 0) is 34.1 Å². The van der Waals surface area contributed by atoms with Gasteiger partial charge in [-0.1, -0.05) is 12.1 Å². The summed E-state index contributed by atoms with van der Waals surface area (Å²) in [4.78, 5) is 37.5. The number of imide groups is 1. The summed E-state index contributed by atoms with van der Waals surface area (Å²) in [7, 11) is -0.0790. The Morgan fingerprint density at radius 2 is 1.72 bits per heavy atom. The Kier molecular flexibility index (Phi) is 11.2. The number of hydrogen-bond donors (Lipinski definition) is 3. The van der Waals surface area contributed by atoms with Crippen molar-refractivity contribution in [2.24, 2.45) is 0 Å². The van der Waals surface area contributed by atoms with Crippen LogP contribution in [0.15, 0.2) is 66.9 Å². The van der Waals surface area contributed by atoms with Gasteiger partial charge in [0.1, 0.15) is 11.4 Å². The fourth-order valence-corrected chi connectivity index (χ4v) is 6.72. The molecule has 4 heterocycles. The van der Waals surface area contributed by atoms with Crippen molar-refractivity contribution < 1.29 is 31.2 Å². The maximum absolute atomic E-state index is 13.9. The lowest BCUT2D eigenvalue weighted by Crippen LogP contribution is -2.50. The van der Waals surface area contributed by atoms with Gasteiger partial charge in [-0.3, -0.25) is 24.2 Å². The molecule has 15 nitrogen and oxygen atoms in total. The highest BCUT2D eigenvalue weighted by Gasteiger charge is 2.35. The number of amides is 3. The number of nitrogens with one attached hydrogen (secondary N) is 3. The van der Waals surface area contributed by atoms with Gasteiger partial charge in [0.2, 0.25) is 21.9 Å². The third-order valence-electron chi connectivity index (χ3n) is 9.35. The molecule has 2 saturated heterocycles. The Labute approximate surface area is 310 Å². The molecule has 0 atom stereocenters. The first-order valence-electron chi connectivity index (χ1n) is 17.1. The van der Waals surface area contributed by atoms with Gasteiger partial charge in [-0.05, 0) is 74.0 Å². The molecule has 2 aromatic carbocycles. The zero-order chi connectivity index (χ0) is 38.6. The topological polar surface area (TPSA) is 169 Å². The monoisotopic (exact) mass is 767 g/mol. The molecule has 0 saturated carbocycles. The third-order valence-corrected chi connectivity index (χ3v) is 10.6. The number of piperidine rings is 1. The van der Waals surface area contributed by atoms with Crippen molar-refractivity contribution in [2.75, 3.05) is 64.7 Å². The van der Waals surface area contributed by atoms with E-state index in [1.54, 1.807) is 30.3 Å². The number of alkyl halides is 3. The maximum atomic E-state index is 13.9. The number of benzene rings is 2. The first kappa shape index (κ1) is 38.2. The molecular formula is C35H40F3N11O4S. The second-order valence-electron chi connectivity index (χ2n) is 13.2. The molecule has 2 aliphatic rings. The second-order valence-corrected chi connectivity index (χ2v) is 15.2. The zero-order valence-electron chi connectivity index (χ0n) is 29.8. The van der Waals surface area contributed by atoms with Gasteiger partial charge in [0.15, 0.2) is 5.82 Å². The summed E-state index contributed by atoms with van der Waals surface area (Å²) in [6, 6.07) is 17.4. The number of hydrogen-bond acceptors (Lipinski definition) is 12. The van der Waals surface area contributed by atoms with E-state index in [-0.39, 0.29) is 31.4 Å². The Morgan fingerprint density at radius 1 is 0.981 bits per heavy atom. The number of sulfonamides is 1. The molecule has 0 bridgehead atoms. The number of rotatable bonds is 12. The lowest BCUT2D eigenvalue weighted by atomic mass is 10.0. The molecule has 2 aromatic heterocycles. The number of urea groups is 1. The van der Waals surface area contributed by atoms with Gasteiger partial charge in [0.05, 0.1) is 17.6 Å². The van der Waals surface area contributed by atoms with Crippen LogP contribution < -0.4 is 30.1 Å². The smallest absolute Gasteiger partial charge is 0.371 e. The highest BCUT2D eigenvalue weighted by Crippen LogP contribution is 2.35. The summed E-state index contributed by atoms with van der Waals surface area (Å²) in [6.45, 7) is 2.44. The Bertz CT molecular complexity index is 2080. The van der Waals surface area contributed by atoms with Gasteiger partial charge in [0.25, 0.3) is 0 Å². The van der Waals surface area contributed by atoms with Crippen LogP contribution in [0.4, 0.5) is 52.6 Å². The molecule has 2 aliphatic heterocycles. The van der Waals surface area contributed by atoms with Gasteiger partial charge >= 0.3 is 12.2 Å². The average molecular weight is 768 g/mol. The lowest BCUT2D eigenvalue weighted by Gasteiger charge is -2.37. The molecule has 19 heteroatoms. The molecule has 0 radical (unpaired) electrons. The van der Waals surface area contributed by atoms with E-state index in [1.807, 2.05) is 37.4 Å². The number of halogens is 3. The molecule has 3 N–H and O–H groups in total. The first-order valence-corrected chi connectivity index (χ1v) is 19.0. The normalized spacial score (nSPS) is 15.7. The van der Waals surface area contributed by atoms with E-state index in [0.717, 1.165) is 54.1 Å². The highest BCUT2D eigenvalue weighted by molar-refractivity contribution is 7.92. The summed E-state index contributed by atoms with van der Waals surface area (Å²) in [5.41, 5.74) is 2.27. The van der Waals surface area contributed by atoms with Crippen LogP contribution in [-0.4, -0.2) is 91.4 Å². The molecule has 0 unspecified atom stereocenters. The van der Waals surface area contributed by atoms with Crippen molar-refractivity contribution in [3.05, 3.63) is 83.7 Å². The summed E-state index contributed by atoms with van der Waals surface area (Å²) in [6.07, 6.45) is -0.879. The SMILES string of the molecule is CN(Cc1ccc(N2CCC(=O)NC2=O)nn1)C1CCN(c2ccc(Nc3ncc(C(F)(F)F)c(NCc4cccc(N(C)S(C)(=O)=O)c4)n3)cc2)CC1. The van der Waals surface area contributed by atoms with Crippen LogP contribution in [0.2, 0.25) is 0 Å². The van der Waals surface area contributed by atoms with Crippen LogP contribution in [0.1, 0.15) is 36.1 Å². The molecule has 3 amide bonds. The van der Waals surface area contributed by atoms with Crippen molar-refractivity contribution >= 4 is 56.6 Å². The van der Waals surface area contributed by atoms with Crippen molar-refractivity contribution in [3.8, 4) is 0 Å². The van der Waals surface area contributed by atoms with Crippen molar-refractivity contribution in [2.45, 2.75) is 44.6 Å². The van der Waals surface area contributed by atoms with Crippen LogP contribution in [0, 0.1) is 0 Å². The van der Waals surface area contributed by atoms with E-state index in [9.17, 15) is 31.2 Å². The fraction of sp³-hybridized carbons (Fsp3) is 0.371. The second kappa shape index (κ2) is 15.8. The minimum Gasteiger partial charge on any atom is -0.371 e. The molecule has 286 valence electrons. The number of aromatic nitrogens is 4. The van der Waals surface area contributed by atoms with Crippen molar-refractivity contribution in [3.63, 3.8) is 0 Å². The molecule has 0 spiro atoms. The number of anilines is 6. The number of nitrogens with zero attached hydrogens (tertiary/aromatic N) is 8. The predicted molar refractivity (Wildman–Crippen MR) is 198 cm³/mol. The molecule has 2 fully saturated rings. The van der Waals surface area contributed by atoms with Crippen LogP contribution in [0.5, 0.6) is 0 Å². The van der Waals surface area contributed by atoms with Gasteiger partial charge in [-0.15, -0.1) is 5.10 Å². The number of carbonyl (C=O) groups is 2. The van der Waals surface area contributed by atoms with Gasteiger partial charge in [-0.25, -0.2) is 18.2 Å². The predicted octanol–water partition coefficient (Wildman–Crippen LogP) is 4.58. The zero-order valence-corrected chi connectivity index (χ0v) is 30.7. The summed E-state index contributed by atoms with van der Waals surface area (Å²) in [5.74, 6) is -0.355. The van der Waals surface area contributed by atoms with E-state index in [2.05, 4.69) is 45.9 Å². The summed E-state index contributed by atoms with van der Waals surface area (Å²) in [5, 5.41) is 16.5. The maximum Gasteiger partial charge on any atom is 0.421 e. The van der Waals surface area contributed by atoms with E-state index < -0.39 is 33.6 Å². The Balaban J connectivity index is 1.03. The van der Waals surface area contributed by atoms with Gasteiger partial charge in [-0.2, -0.15) is 23.3 Å². The van der Waals surface area contributed by atoms with Crippen LogP contribution in [0.3, 0.4) is 0 Å². The summed E-state index contributed by atoms with van der Waals surface area (Å²) < 4.78 is 66.6. The van der Waals surface area contributed by atoms with E-state index in [4.69, 9.17) is 0 Å². The molecule has 6 rings (SSSR count). The average Bonchev–Trinajstić information content (AvgIpc) is 3.14. The Hall–Kier alpha value is -5.56. The van der Waals surface area contributed by atoms with Crippen LogP contribution >= 0.6 is 0 Å². The largest absolute Gasteiger partial charge is 0.421 e. The van der Waals surface area contributed by atoms with E-state index in [1.165, 1.54) is 11.9 Å². The third kappa shape index (κ3) is 9.32.